The van der Waals surface area contributed by atoms with Gasteiger partial charge in [0.15, 0.2) is 11.5 Å². The average Bonchev–Trinajstić information content (AvgIpc) is 3.22. The molecule has 38 heavy (non-hydrogen) atoms. The molecule has 1 N–H and O–H groups in total. The molecule has 0 aromatic heterocycles. The highest BCUT2D eigenvalue weighted by Gasteiger charge is 2.47. The van der Waals surface area contributed by atoms with E-state index in [2.05, 4.69) is 6.92 Å². The number of carbonyl (C=O) groups is 2. The maximum Gasteiger partial charge on any atom is 0.300 e. The number of ether oxygens (including phenoxy) is 3. The monoisotopic (exact) mass is 512 g/mol. The Labute approximate surface area is 220 Å². The number of anilines is 2. The molecule has 3 aliphatic rings. The van der Waals surface area contributed by atoms with Crippen LogP contribution in [0.15, 0.2) is 66.2 Å². The molecule has 3 aromatic rings. The summed E-state index contributed by atoms with van der Waals surface area (Å²) in [7, 11) is 1.95. The van der Waals surface area contributed by atoms with Gasteiger partial charge in [0.1, 0.15) is 31.3 Å². The first kappa shape index (κ1) is 23.9. The summed E-state index contributed by atoms with van der Waals surface area (Å²) >= 11 is 0. The third-order valence-corrected chi connectivity index (χ3v) is 7.28. The van der Waals surface area contributed by atoms with E-state index in [1.165, 1.54) is 4.90 Å². The number of aliphatic hydroxyl groups is 1. The molecule has 3 heterocycles. The molecule has 1 unspecified atom stereocenters. The smallest absolute Gasteiger partial charge is 0.300 e. The van der Waals surface area contributed by atoms with Crippen molar-refractivity contribution in [2.45, 2.75) is 19.4 Å². The van der Waals surface area contributed by atoms with Crippen LogP contribution in [-0.4, -0.2) is 50.2 Å². The Balaban J connectivity index is 1.51. The van der Waals surface area contributed by atoms with Gasteiger partial charge in [-0.2, -0.15) is 0 Å². The molecule has 8 heteroatoms. The average molecular weight is 513 g/mol. The number of amides is 1. The Morgan fingerprint density at radius 1 is 0.895 bits per heavy atom. The van der Waals surface area contributed by atoms with Crippen LogP contribution in [0.3, 0.4) is 0 Å². The number of Topliss-reactive ketones (excluding diaryl/α,β-unsaturated/α-hetero) is 1. The number of hydrogen-bond donors (Lipinski definition) is 1. The number of carbonyl (C=O) groups excluding carboxylic acids is 2. The number of benzene rings is 3. The van der Waals surface area contributed by atoms with Crippen molar-refractivity contribution >= 4 is 28.8 Å². The Morgan fingerprint density at radius 3 is 2.37 bits per heavy atom. The van der Waals surface area contributed by atoms with E-state index in [4.69, 9.17) is 14.2 Å². The number of nitrogens with zero attached hydrogens (tertiary/aromatic N) is 2. The van der Waals surface area contributed by atoms with E-state index in [1.54, 1.807) is 36.4 Å². The molecule has 0 radical (unpaired) electrons. The number of likely N-dealkylation sites (N-methyl/N-ethyl adjacent to an activating group) is 1. The van der Waals surface area contributed by atoms with E-state index in [-0.39, 0.29) is 11.3 Å². The number of hydrogen-bond acceptors (Lipinski definition) is 7. The van der Waals surface area contributed by atoms with Gasteiger partial charge in [-0.3, -0.25) is 14.5 Å². The molecule has 6 rings (SSSR count). The van der Waals surface area contributed by atoms with Crippen LogP contribution in [0, 0.1) is 0 Å². The fourth-order valence-electron chi connectivity index (χ4n) is 5.19. The zero-order valence-corrected chi connectivity index (χ0v) is 21.3. The largest absolute Gasteiger partial charge is 0.507 e. The molecule has 1 saturated heterocycles. The number of rotatable bonds is 4. The third-order valence-electron chi connectivity index (χ3n) is 7.28. The molecule has 0 spiro atoms. The lowest BCUT2D eigenvalue weighted by Crippen LogP contribution is -2.29. The van der Waals surface area contributed by atoms with E-state index < -0.39 is 17.7 Å². The Morgan fingerprint density at radius 2 is 1.61 bits per heavy atom. The van der Waals surface area contributed by atoms with E-state index in [0.717, 1.165) is 23.2 Å². The molecule has 194 valence electrons. The van der Waals surface area contributed by atoms with Gasteiger partial charge < -0.3 is 24.2 Å². The van der Waals surface area contributed by atoms with Gasteiger partial charge in [-0.15, -0.1) is 0 Å². The summed E-state index contributed by atoms with van der Waals surface area (Å²) < 4.78 is 17.1. The molecular formula is C30H28N2O6. The molecule has 3 aliphatic heterocycles. The Bertz CT molecular complexity index is 1460. The van der Waals surface area contributed by atoms with Crippen LogP contribution in [0.4, 0.5) is 11.4 Å². The first-order valence-corrected chi connectivity index (χ1v) is 12.7. The van der Waals surface area contributed by atoms with Crippen LogP contribution < -0.4 is 24.0 Å². The first-order chi connectivity index (χ1) is 18.5. The Hall–Kier alpha value is -4.46. The van der Waals surface area contributed by atoms with Crippen molar-refractivity contribution in [2.75, 3.05) is 43.2 Å². The number of aliphatic hydroxyl groups excluding tert-OH is 1. The first-order valence-electron chi connectivity index (χ1n) is 12.7. The number of ketones is 1. The minimum absolute atomic E-state index is 0.0356. The van der Waals surface area contributed by atoms with E-state index in [1.807, 2.05) is 36.2 Å². The highest BCUT2D eigenvalue weighted by molar-refractivity contribution is 6.51. The summed E-state index contributed by atoms with van der Waals surface area (Å²) in [5, 5.41) is 11.6. The number of aryl methyl sites for hydroxylation is 1. The van der Waals surface area contributed by atoms with Gasteiger partial charge in [-0.05, 0) is 47.9 Å². The van der Waals surface area contributed by atoms with Crippen LogP contribution in [0.1, 0.15) is 29.7 Å². The van der Waals surface area contributed by atoms with E-state index in [0.29, 0.717) is 54.9 Å². The molecule has 0 aliphatic carbocycles. The lowest BCUT2D eigenvalue weighted by molar-refractivity contribution is -0.132. The van der Waals surface area contributed by atoms with Crippen molar-refractivity contribution in [1.29, 1.82) is 0 Å². The lowest BCUT2D eigenvalue weighted by Gasteiger charge is -2.28. The topological polar surface area (TPSA) is 88.5 Å². The van der Waals surface area contributed by atoms with Crippen LogP contribution >= 0.6 is 0 Å². The van der Waals surface area contributed by atoms with Crippen molar-refractivity contribution in [3.05, 3.63) is 82.9 Å². The van der Waals surface area contributed by atoms with Crippen molar-refractivity contribution in [2.24, 2.45) is 0 Å². The summed E-state index contributed by atoms with van der Waals surface area (Å²) in [4.78, 5) is 30.6. The standard InChI is InChI=1S/C30H28N2O6/c1-3-18-4-6-19(7-5-18)27-26(28(33)20-8-10-23-22(16-20)31(2)12-13-36-23)29(34)30(35)32(27)21-9-11-24-25(17-21)38-15-14-37-24/h4-11,16-17,27,33H,3,12-15H2,1-2H3/b28-26-. The maximum atomic E-state index is 13.6. The van der Waals surface area contributed by atoms with Crippen LogP contribution in [0.5, 0.6) is 17.2 Å². The summed E-state index contributed by atoms with van der Waals surface area (Å²) in [6.07, 6.45) is 0.855. The molecule has 1 amide bonds. The highest BCUT2D eigenvalue weighted by atomic mass is 16.6. The second kappa shape index (κ2) is 9.45. The fraction of sp³-hybridized carbons (Fsp3) is 0.267. The van der Waals surface area contributed by atoms with E-state index in [9.17, 15) is 14.7 Å². The second-order valence-electron chi connectivity index (χ2n) is 9.54. The molecule has 8 nitrogen and oxygen atoms in total. The molecule has 1 fully saturated rings. The van der Waals surface area contributed by atoms with Gasteiger partial charge in [0.25, 0.3) is 11.7 Å². The minimum atomic E-state index is -0.825. The Kier molecular flexibility index (Phi) is 5.94. The van der Waals surface area contributed by atoms with Gasteiger partial charge in [0.05, 0.1) is 23.8 Å². The fourth-order valence-corrected chi connectivity index (χ4v) is 5.19. The van der Waals surface area contributed by atoms with Gasteiger partial charge in [-0.1, -0.05) is 31.2 Å². The SMILES string of the molecule is CCc1ccc(C2/C(=C(/O)c3ccc4c(c3)N(C)CCO4)C(=O)C(=O)N2c2ccc3c(c2)OCCO3)cc1. The third kappa shape index (κ3) is 3.93. The predicted octanol–water partition coefficient (Wildman–Crippen LogP) is 4.48. The molecule has 1 atom stereocenters. The number of fused-ring (bicyclic) bond motifs is 2. The van der Waals surface area contributed by atoms with E-state index >= 15 is 0 Å². The van der Waals surface area contributed by atoms with Crippen molar-refractivity contribution in [3.8, 4) is 17.2 Å². The second-order valence-corrected chi connectivity index (χ2v) is 9.54. The molecule has 3 aromatic carbocycles. The van der Waals surface area contributed by atoms with Crippen LogP contribution in [0.2, 0.25) is 0 Å². The van der Waals surface area contributed by atoms with Crippen LogP contribution in [0.25, 0.3) is 5.76 Å². The summed E-state index contributed by atoms with van der Waals surface area (Å²) in [5.41, 5.74) is 3.62. The summed E-state index contributed by atoms with van der Waals surface area (Å²) in [6, 6.07) is 17.4. The maximum absolute atomic E-state index is 13.6. The van der Waals surface area contributed by atoms with Crippen molar-refractivity contribution in [1.82, 2.24) is 0 Å². The van der Waals surface area contributed by atoms with Gasteiger partial charge in [-0.25, -0.2) is 0 Å². The lowest BCUT2D eigenvalue weighted by atomic mass is 9.94. The minimum Gasteiger partial charge on any atom is -0.507 e. The quantitative estimate of drug-likeness (QED) is 0.313. The van der Waals surface area contributed by atoms with Gasteiger partial charge >= 0.3 is 0 Å². The highest BCUT2D eigenvalue weighted by Crippen LogP contribution is 2.45. The molecule has 0 bridgehead atoms. The zero-order valence-electron chi connectivity index (χ0n) is 21.3. The predicted molar refractivity (Wildman–Crippen MR) is 143 cm³/mol. The van der Waals surface area contributed by atoms with Gasteiger partial charge in [0, 0.05) is 24.4 Å². The molecule has 0 saturated carbocycles. The van der Waals surface area contributed by atoms with Crippen LogP contribution in [-0.2, 0) is 16.0 Å². The summed E-state index contributed by atoms with van der Waals surface area (Å²) in [6.45, 7) is 4.18. The van der Waals surface area contributed by atoms with Crippen molar-refractivity contribution < 1.29 is 28.9 Å². The molecular weight excluding hydrogens is 484 g/mol. The zero-order chi connectivity index (χ0) is 26.4. The summed E-state index contributed by atoms with van der Waals surface area (Å²) in [5.74, 6) is 0.109. The normalized spacial score (nSPS) is 19.8. The van der Waals surface area contributed by atoms with Crippen molar-refractivity contribution in [3.63, 3.8) is 0 Å². The van der Waals surface area contributed by atoms with Gasteiger partial charge in [0.2, 0.25) is 0 Å².